The number of esters is 1. The lowest BCUT2D eigenvalue weighted by Gasteiger charge is -2.38. The molecule has 5 aromatic carbocycles. The van der Waals surface area contributed by atoms with Crippen LogP contribution in [0.4, 0.5) is 4.79 Å². The molecule has 0 aliphatic carbocycles. The van der Waals surface area contributed by atoms with Gasteiger partial charge < -0.3 is 30.0 Å². The molecule has 0 saturated carbocycles. The van der Waals surface area contributed by atoms with Crippen LogP contribution in [-0.4, -0.2) is 47.8 Å². The predicted octanol–water partition coefficient (Wildman–Crippen LogP) is 7.46. The van der Waals surface area contributed by atoms with Crippen molar-refractivity contribution in [1.29, 1.82) is 0 Å². The number of benzene rings is 5. The number of nitrogens with one attached hydrogen (secondary N) is 2. The molecular weight excluding hydrogens is 666 g/mol. The monoisotopic (exact) mass is 713 g/mol. The van der Waals surface area contributed by atoms with Gasteiger partial charge >= 0.3 is 12.0 Å². The van der Waals surface area contributed by atoms with Crippen LogP contribution in [-0.2, 0) is 45.2 Å². The maximum atomic E-state index is 12.2. The van der Waals surface area contributed by atoms with Crippen molar-refractivity contribution >= 4 is 12.0 Å². The van der Waals surface area contributed by atoms with Gasteiger partial charge in [0.1, 0.15) is 6.54 Å². The maximum Gasteiger partial charge on any atom is 0.325 e. The molecule has 0 spiro atoms. The average molecular weight is 714 g/mol. The van der Waals surface area contributed by atoms with Gasteiger partial charge in [0.15, 0.2) is 6.29 Å². The molecule has 1 saturated heterocycles. The van der Waals surface area contributed by atoms with E-state index in [-0.39, 0.29) is 32.0 Å². The minimum absolute atomic E-state index is 0.00762. The molecule has 5 aromatic rings. The molecule has 3 atom stereocenters. The van der Waals surface area contributed by atoms with Crippen molar-refractivity contribution in [3.05, 3.63) is 167 Å². The third-order valence-electron chi connectivity index (χ3n) is 9.17. The van der Waals surface area contributed by atoms with E-state index in [0.29, 0.717) is 19.5 Å². The largest absolute Gasteiger partial charge is 0.465 e. The van der Waals surface area contributed by atoms with Crippen molar-refractivity contribution in [2.45, 2.75) is 58.1 Å². The first kappa shape index (κ1) is 37.4. The van der Waals surface area contributed by atoms with Gasteiger partial charge in [-0.1, -0.05) is 127 Å². The average Bonchev–Trinajstić information content (AvgIpc) is 3.20. The molecule has 0 bridgehead atoms. The first-order chi connectivity index (χ1) is 25.9. The highest BCUT2D eigenvalue weighted by Gasteiger charge is 2.33. The van der Waals surface area contributed by atoms with E-state index in [0.717, 1.165) is 46.5 Å². The Kier molecular flexibility index (Phi) is 13.4. The van der Waals surface area contributed by atoms with Crippen molar-refractivity contribution in [1.82, 2.24) is 15.5 Å². The van der Waals surface area contributed by atoms with Crippen LogP contribution >= 0.6 is 0 Å². The SMILES string of the molecule is CCOC(=O)CNC(=O)NCc1cccc(-c2ccc([C@@H]3O[C@H](CN(Cc4ccccc4)Cc4ccccc4)C[C@H](c4ccc(CO)cc4)O3)cc2)c1. The van der Waals surface area contributed by atoms with Crippen LogP contribution in [0.25, 0.3) is 11.1 Å². The van der Waals surface area contributed by atoms with E-state index >= 15 is 0 Å². The van der Waals surface area contributed by atoms with Crippen LogP contribution in [0.2, 0.25) is 0 Å². The Bertz CT molecular complexity index is 1850. The second kappa shape index (κ2) is 19.0. The van der Waals surface area contributed by atoms with Crippen LogP contribution in [0.1, 0.15) is 59.1 Å². The van der Waals surface area contributed by atoms with Gasteiger partial charge in [0.05, 0.1) is 25.4 Å². The number of amides is 2. The molecule has 2 amide bonds. The van der Waals surface area contributed by atoms with E-state index in [1.165, 1.54) is 11.1 Å². The lowest BCUT2D eigenvalue weighted by Crippen LogP contribution is -2.39. The molecule has 1 aliphatic rings. The van der Waals surface area contributed by atoms with Crippen molar-refractivity contribution in [2.75, 3.05) is 19.7 Å². The Morgan fingerprint density at radius 3 is 2.00 bits per heavy atom. The minimum Gasteiger partial charge on any atom is -0.465 e. The van der Waals surface area contributed by atoms with Gasteiger partial charge in [-0.25, -0.2) is 4.79 Å². The predicted molar refractivity (Wildman–Crippen MR) is 204 cm³/mol. The van der Waals surface area contributed by atoms with Gasteiger partial charge in [0.2, 0.25) is 0 Å². The first-order valence-electron chi connectivity index (χ1n) is 18.1. The van der Waals surface area contributed by atoms with Gasteiger partial charge in [0, 0.05) is 38.2 Å². The number of ether oxygens (including phenoxy) is 3. The quantitative estimate of drug-likeness (QED) is 0.0968. The van der Waals surface area contributed by atoms with E-state index in [1.807, 2.05) is 72.8 Å². The summed E-state index contributed by atoms with van der Waals surface area (Å²) in [5.41, 5.74) is 8.27. The van der Waals surface area contributed by atoms with Crippen LogP contribution in [0.5, 0.6) is 0 Å². The zero-order chi connectivity index (χ0) is 36.8. The summed E-state index contributed by atoms with van der Waals surface area (Å²) in [5, 5.41) is 14.9. The molecule has 6 rings (SSSR count). The number of carbonyl (C=O) groups excluding carboxylic acids is 2. The van der Waals surface area contributed by atoms with Crippen LogP contribution in [0.3, 0.4) is 0 Å². The molecule has 9 heteroatoms. The lowest BCUT2D eigenvalue weighted by atomic mass is 9.98. The highest BCUT2D eigenvalue weighted by atomic mass is 16.7. The molecule has 0 radical (unpaired) electrons. The van der Waals surface area contributed by atoms with E-state index in [2.05, 4.69) is 76.2 Å². The number of hydrogen-bond donors (Lipinski definition) is 3. The summed E-state index contributed by atoms with van der Waals surface area (Å²) < 4.78 is 18.3. The number of hydrogen-bond acceptors (Lipinski definition) is 7. The van der Waals surface area contributed by atoms with E-state index in [4.69, 9.17) is 14.2 Å². The van der Waals surface area contributed by atoms with Gasteiger partial charge in [-0.15, -0.1) is 0 Å². The van der Waals surface area contributed by atoms with Crippen molar-refractivity contribution < 1.29 is 28.9 Å². The maximum absolute atomic E-state index is 12.2. The van der Waals surface area contributed by atoms with E-state index < -0.39 is 18.3 Å². The van der Waals surface area contributed by atoms with Gasteiger partial charge in [-0.2, -0.15) is 0 Å². The minimum atomic E-state index is -0.579. The first-order valence-corrected chi connectivity index (χ1v) is 18.1. The standard InChI is InChI=1S/C44H47N3O6/c1-2-51-42(49)27-46-44(50)45-26-35-14-9-15-39(24-35)36-20-22-38(23-21-36)43-52-40(25-41(53-43)37-18-16-34(31-48)17-19-37)30-47(28-32-10-5-3-6-11-32)29-33-12-7-4-8-13-33/h3-24,40-41,43,48H,2,25-31H2,1H3,(H2,45,46,50)/t40-,41+,43+/m0/s1. The number of aliphatic hydroxyl groups is 1. The second-order valence-corrected chi connectivity index (χ2v) is 13.2. The zero-order valence-corrected chi connectivity index (χ0v) is 30.0. The van der Waals surface area contributed by atoms with Gasteiger partial charge in [-0.3, -0.25) is 9.69 Å². The Balaban J connectivity index is 1.17. The Labute approximate surface area is 311 Å². The summed E-state index contributed by atoms with van der Waals surface area (Å²) in [6, 6.07) is 44.8. The number of carbonyl (C=O) groups is 2. The highest BCUT2D eigenvalue weighted by Crippen LogP contribution is 2.39. The Hall–Kier alpha value is -5.32. The van der Waals surface area contributed by atoms with Crippen LogP contribution in [0, 0.1) is 0 Å². The molecule has 3 N–H and O–H groups in total. The zero-order valence-electron chi connectivity index (χ0n) is 30.0. The summed E-state index contributed by atoms with van der Waals surface area (Å²) in [4.78, 5) is 26.2. The molecule has 53 heavy (non-hydrogen) atoms. The van der Waals surface area contributed by atoms with Crippen molar-refractivity contribution in [3.63, 3.8) is 0 Å². The fraction of sp³-hybridized carbons (Fsp3) is 0.273. The third-order valence-corrected chi connectivity index (χ3v) is 9.17. The number of aliphatic hydroxyl groups excluding tert-OH is 1. The Morgan fingerprint density at radius 2 is 1.36 bits per heavy atom. The summed E-state index contributed by atoms with van der Waals surface area (Å²) >= 11 is 0. The molecular formula is C44H47N3O6. The summed E-state index contributed by atoms with van der Waals surface area (Å²) in [7, 11) is 0. The van der Waals surface area contributed by atoms with Crippen molar-refractivity contribution in [2.24, 2.45) is 0 Å². The normalized spacial score (nSPS) is 16.9. The smallest absolute Gasteiger partial charge is 0.325 e. The summed E-state index contributed by atoms with van der Waals surface area (Å²) in [6.45, 7) is 4.40. The number of rotatable bonds is 15. The fourth-order valence-electron chi connectivity index (χ4n) is 6.49. The second-order valence-electron chi connectivity index (χ2n) is 13.2. The summed E-state index contributed by atoms with van der Waals surface area (Å²) in [5.74, 6) is -0.479. The number of urea groups is 1. The van der Waals surface area contributed by atoms with Crippen molar-refractivity contribution in [3.8, 4) is 11.1 Å². The lowest BCUT2D eigenvalue weighted by molar-refractivity contribution is -0.253. The molecule has 1 fully saturated rings. The van der Waals surface area contributed by atoms with Crippen LogP contribution in [0.15, 0.2) is 133 Å². The topological polar surface area (TPSA) is 109 Å². The molecule has 1 heterocycles. The van der Waals surface area contributed by atoms with Crippen LogP contribution < -0.4 is 10.6 Å². The fourth-order valence-corrected chi connectivity index (χ4v) is 6.49. The molecule has 274 valence electrons. The van der Waals surface area contributed by atoms with E-state index in [1.54, 1.807) is 6.92 Å². The number of nitrogens with zero attached hydrogens (tertiary/aromatic N) is 1. The summed E-state index contributed by atoms with van der Waals surface area (Å²) in [6.07, 6.45) is -0.194. The third kappa shape index (κ3) is 11.1. The molecule has 1 aliphatic heterocycles. The molecule has 0 unspecified atom stereocenters. The highest BCUT2D eigenvalue weighted by molar-refractivity contribution is 5.80. The Morgan fingerprint density at radius 1 is 0.717 bits per heavy atom. The van der Waals surface area contributed by atoms with E-state index in [9.17, 15) is 14.7 Å². The van der Waals surface area contributed by atoms with Gasteiger partial charge in [-0.05, 0) is 51.9 Å². The van der Waals surface area contributed by atoms with Gasteiger partial charge in [0.25, 0.3) is 0 Å². The molecule has 9 nitrogen and oxygen atoms in total. The molecule has 0 aromatic heterocycles.